The van der Waals surface area contributed by atoms with Crippen molar-refractivity contribution in [2.45, 2.75) is 6.54 Å². The lowest BCUT2D eigenvalue weighted by Crippen LogP contribution is -2.38. The van der Waals surface area contributed by atoms with Crippen LogP contribution in [0, 0.1) is 5.82 Å². The van der Waals surface area contributed by atoms with E-state index in [0.29, 0.717) is 16.8 Å². The van der Waals surface area contributed by atoms with E-state index < -0.39 is 17.2 Å². The molecular formula is C19H17FN8O3. The molecule has 0 aliphatic rings. The highest BCUT2D eigenvalue weighted by Gasteiger charge is 2.15. The summed E-state index contributed by atoms with van der Waals surface area (Å²) in [6.45, 7) is -0.225. The highest BCUT2D eigenvalue weighted by Crippen LogP contribution is 2.19. The predicted octanol–water partition coefficient (Wildman–Crippen LogP) is 0.113. The van der Waals surface area contributed by atoms with Crippen LogP contribution in [0.25, 0.3) is 22.4 Å². The summed E-state index contributed by atoms with van der Waals surface area (Å²) in [6.07, 6.45) is 4.23. The number of aromatic amines is 1. The largest absolute Gasteiger partial charge is 0.332 e. The van der Waals surface area contributed by atoms with Crippen molar-refractivity contribution in [1.29, 1.82) is 0 Å². The van der Waals surface area contributed by atoms with Crippen molar-refractivity contribution in [3.8, 4) is 11.3 Å². The zero-order chi connectivity index (χ0) is 22.1. The van der Waals surface area contributed by atoms with Crippen LogP contribution < -0.4 is 16.7 Å². The topological polar surface area (TPSA) is 132 Å². The van der Waals surface area contributed by atoms with Gasteiger partial charge in [-0.05, 0) is 24.3 Å². The number of rotatable bonds is 5. The van der Waals surface area contributed by atoms with Crippen LogP contribution in [0.1, 0.15) is 5.56 Å². The maximum Gasteiger partial charge on any atom is 0.332 e. The highest BCUT2D eigenvalue weighted by molar-refractivity contribution is 5.89. The van der Waals surface area contributed by atoms with E-state index in [0.717, 1.165) is 4.57 Å². The van der Waals surface area contributed by atoms with Crippen molar-refractivity contribution in [2.24, 2.45) is 19.2 Å². The van der Waals surface area contributed by atoms with Gasteiger partial charge < -0.3 is 4.57 Å². The molecule has 0 unspecified atom stereocenters. The minimum atomic E-state index is -0.547. The molecule has 0 aliphatic heterocycles. The zero-order valence-corrected chi connectivity index (χ0v) is 16.5. The van der Waals surface area contributed by atoms with Gasteiger partial charge in [0, 0.05) is 25.2 Å². The normalized spacial score (nSPS) is 11.5. The number of fused-ring (bicyclic) bond motifs is 1. The molecule has 1 amide bonds. The number of benzene rings is 1. The van der Waals surface area contributed by atoms with E-state index in [4.69, 9.17) is 0 Å². The summed E-state index contributed by atoms with van der Waals surface area (Å²) in [6, 6.07) is 5.84. The number of aromatic nitrogens is 6. The second kappa shape index (κ2) is 7.82. The first-order valence-electron chi connectivity index (χ1n) is 9.09. The van der Waals surface area contributed by atoms with Gasteiger partial charge in [-0.25, -0.2) is 19.6 Å². The third kappa shape index (κ3) is 3.66. The molecule has 0 saturated carbocycles. The van der Waals surface area contributed by atoms with Gasteiger partial charge in [-0.3, -0.25) is 23.8 Å². The molecule has 0 saturated heterocycles. The van der Waals surface area contributed by atoms with Gasteiger partial charge in [-0.2, -0.15) is 10.2 Å². The van der Waals surface area contributed by atoms with Gasteiger partial charge in [0.15, 0.2) is 11.2 Å². The third-order valence-corrected chi connectivity index (χ3v) is 4.73. The second-order valence-corrected chi connectivity index (χ2v) is 6.75. The Bertz CT molecular complexity index is 1430. The summed E-state index contributed by atoms with van der Waals surface area (Å²) in [7, 11) is 2.85. The Balaban J connectivity index is 1.51. The lowest BCUT2D eigenvalue weighted by Gasteiger charge is -2.06. The number of nitrogens with zero attached hydrogens (tertiary/aromatic N) is 6. The number of imidazole rings is 1. The first-order valence-corrected chi connectivity index (χ1v) is 9.09. The van der Waals surface area contributed by atoms with Crippen LogP contribution in [0.4, 0.5) is 4.39 Å². The highest BCUT2D eigenvalue weighted by atomic mass is 19.1. The van der Waals surface area contributed by atoms with Gasteiger partial charge in [-0.15, -0.1) is 0 Å². The lowest BCUT2D eigenvalue weighted by atomic mass is 10.1. The molecule has 0 fully saturated rings. The Morgan fingerprint density at radius 3 is 2.71 bits per heavy atom. The minimum absolute atomic E-state index is 0.136. The van der Waals surface area contributed by atoms with Gasteiger partial charge in [0.05, 0.1) is 24.4 Å². The molecular weight excluding hydrogens is 407 g/mol. The number of hydrogen-bond donors (Lipinski definition) is 2. The van der Waals surface area contributed by atoms with Gasteiger partial charge in [-0.1, -0.05) is 0 Å². The number of hydrazone groups is 1. The summed E-state index contributed by atoms with van der Waals surface area (Å²) in [5.74, 6) is -0.856. The van der Waals surface area contributed by atoms with Gasteiger partial charge in [0.25, 0.3) is 11.5 Å². The van der Waals surface area contributed by atoms with Crippen LogP contribution >= 0.6 is 0 Å². The molecule has 0 aliphatic carbocycles. The molecule has 4 aromatic rings. The van der Waals surface area contributed by atoms with Crippen LogP contribution in [-0.2, 0) is 25.4 Å². The number of nitrogens with one attached hydrogen (secondary N) is 2. The maximum atomic E-state index is 13.1. The van der Waals surface area contributed by atoms with Crippen LogP contribution in [0.2, 0.25) is 0 Å². The fourth-order valence-electron chi connectivity index (χ4n) is 3.12. The lowest BCUT2D eigenvalue weighted by molar-refractivity contribution is -0.121. The number of carbonyl (C=O) groups is 1. The summed E-state index contributed by atoms with van der Waals surface area (Å²) in [4.78, 5) is 40.8. The van der Waals surface area contributed by atoms with E-state index in [-0.39, 0.29) is 23.5 Å². The summed E-state index contributed by atoms with van der Waals surface area (Å²) in [5, 5.41) is 10.7. The molecule has 31 heavy (non-hydrogen) atoms. The van der Waals surface area contributed by atoms with E-state index >= 15 is 0 Å². The molecule has 4 rings (SSSR count). The van der Waals surface area contributed by atoms with Crippen molar-refractivity contribution in [3.05, 3.63) is 69.0 Å². The van der Waals surface area contributed by atoms with E-state index in [1.807, 2.05) is 0 Å². The molecule has 11 nitrogen and oxygen atoms in total. The molecule has 12 heteroatoms. The van der Waals surface area contributed by atoms with E-state index in [2.05, 4.69) is 25.7 Å². The van der Waals surface area contributed by atoms with Crippen LogP contribution in [0.3, 0.4) is 0 Å². The van der Waals surface area contributed by atoms with E-state index in [1.54, 1.807) is 12.1 Å². The summed E-state index contributed by atoms with van der Waals surface area (Å²) in [5.41, 5.74) is 3.55. The van der Waals surface area contributed by atoms with Crippen molar-refractivity contribution in [2.75, 3.05) is 0 Å². The summed E-state index contributed by atoms with van der Waals surface area (Å²) < 4.78 is 16.7. The maximum absolute atomic E-state index is 13.1. The molecule has 3 aromatic heterocycles. The van der Waals surface area contributed by atoms with Crippen LogP contribution in [-0.4, -0.2) is 41.0 Å². The average molecular weight is 424 g/mol. The quantitative estimate of drug-likeness (QED) is 0.347. The Hall–Kier alpha value is -4.35. The minimum Gasteiger partial charge on any atom is -0.315 e. The number of hydrogen-bond acceptors (Lipinski definition) is 6. The van der Waals surface area contributed by atoms with Gasteiger partial charge in [0.1, 0.15) is 12.4 Å². The van der Waals surface area contributed by atoms with E-state index in [1.165, 1.54) is 54.1 Å². The molecule has 0 atom stereocenters. The number of H-pyrrole nitrogens is 1. The molecule has 0 radical (unpaired) electrons. The SMILES string of the molecule is Cn1c(=O)c2c(ncn2CC(=O)NN=Cc2cn[nH]c2-c2ccc(F)cc2)n(C)c1=O. The Morgan fingerprint density at radius 2 is 1.97 bits per heavy atom. The van der Waals surface area contributed by atoms with Crippen molar-refractivity contribution in [3.63, 3.8) is 0 Å². The fraction of sp³-hybridized carbons (Fsp3) is 0.158. The zero-order valence-electron chi connectivity index (χ0n) is 16.5. The van der Waals surface area contributed by atoms with Gasteiger partial charge >= 0.3 is 5.69 Å². The first kappa shape index (κ1) is 19.9. The molecule has 3 heterocycles. The number of carbonyl (C=O) groups excluding carboxylic acids is 1. The van der Waals surface area contributed by atoms with Crippen LogP contribution in [0.15, 0.2) is 51.5 Å². The number of aryl methyl sites for hydroxylation is 1. The predicted molar refractivity (Wildman–Crippen MR) is 110 cm³/mol. The standard InChI is InChI=1S/C19H17FN8O3/c1-26-17-16(18(30)27(2)19(26)31)28(10-21-17)9-14(29)24-22-7-12-8-23-25-15(12)11-3-5-13(20)6-4-11/h3-8,10H,9H2,1-2H3,(H,23,25)(H,24,29). The third-order valence-electron chi connectivity index (χ3n) is 4.73. The average Bonchev–Trinajstić information content (AvgIpc) is 3.39. The number of halogens is 1. The Morgan fingerprint density at radius 1 is 1.23 bits per heavy atom. The van der Waals surface area contributed by atoms with Crippen molar-refractivity contribution >= 4 is 23.3 Å². The molecule has 0 bridgehead atoms. The van der Waals surface area contributed by atoms with Crippen molar-refractivity contribution in [1.82, 2.24) is 34.3 Å². The molecule has 1 aromatic carbocycles. The van der Waals surface area contributed by atoms with Crippen molar-refractivity contribution < 1.29 is 9.18 Å². The second-order valence-electron chi connectivity index (χ2n) is 6.75. The summed E-state index contributed by atoms with van der Waals surface area (Å²) >= 11 is 0. The van der Waals surface area contributed by atoms with E-state index in [9.17, 15) is 18.8 Å². The number of amides is 1. The van der Waals surface area contributed by atoms with Gasteiger partial charge in [0.2, 0.25) is 0 Å². The fourth-order valence-corrected chi connectivity index (χ4v) is 3.12. The smallest absolute Gasteiger partial charge is 0.315 e. The monoisotopic (exact) mass is 424 g/mol. The molecule has 0 spiro atoms. The Labute approximate surface area is 173 Å². The Kier molecular flexibility index (Phi) is 5.03. The van der Waals surface area contributed by atoms with Crippen LogP contribution in [0.5, 0.6) is 0 Å². The molecule has 2 N–H and O–H groups in total. The first-order chi connectivity index (χ1) is 14.9. The molecule has 158 valence electrons.